The fourth-order valence-corrected chi connectivity index (χ4v) is 7.51. The summed E-state index contributed by atoms with van der Waals surface area (Å²) in [4.78, 5) is 14.7. The minimum Gasteiger partial charge on any atom is -0.309 e. The van der Waals surface area contributed by atoms with E-state index >= 15 is 0 Å². The molecule has 10 rings (SSSR count). The van der Waals surface area contributed by atoms with E-state index in [1.54, 1.807) is 0 Å². The number of aromatic nitrogens is 4. The number of pyridine rings is 3. The van der Waals surface area contributed by atoms with Crippen molar-refractivity contribution >= 4 is 32.6 Å². The van der Waals surface area contributed by atoms with Gasteiger partial charge in [0.05, 0.1) is 33.8 Å². The van der Waals surface area contributed by atoms with Crippen molar-refractivity contribution in [1.82, 2.24) is 19.5 Å². The van der Waals surface area contributed by atoms with Gasteiger partial charge in [-0.15, -0.1) is 0 Å². The third-order valence-corrected chi connectivity index (χ3v) is 10.1. The zero-order valence-corrected chi connectivity index (χ0v) is 28.8. The third-order valence-electron chi connectivity index (χ3n) is 10.1. The lowest BCUT2D eigenvalue weighted by Crippen LogP contribution is -1.93. The molecular weight excluding hydrogens is 645 g/mol. The Hall–Kier alpha value is -7.17. The molecule has 6 aromatic carbocycles. The maximum absolute atomic E-state index is 5.11. The molecule has 53 heavy (non-hydrogen) atoms. The molecule has 4 aromatic heterocycles. The third kappa shape index (κ3) is 5.54. The molecule has 0 amide bonds. The second-order valence-corrected chi connectivity index (χ2v) is 13.3. The van der Waals surface area contributed by atoms with Crippen LogP contribution in [0, 0.1) is 0 Å². The summed E-state index contributed by atoms with van der Waals surface area (Å²) in [5.41, 5.74) is 13.7. The first-order valence-corrected chi connectivity index (χ1v) is 17.8. The SMILES string of the molecule is c1ccc(-c2nccc3c2c2cc(-c4ccc(-c5cc(-c6ccc7ccccc7c6)nc(-c6ccccn6)c5)cc4)ccc2n3-c2ccccc2)cc1. The molecule has 0 saturated carbocycles. The Balaban J connectivity index is 1.09. The van der Waals surface area contributed by atoms with Gasteiger partial charge < -0.3 is 4.57 Å². The predicted molar refractivity (Wildman–Crippen MR) is 219 cm³/mol. The monoisotopic (exact) mass is 676 g/mol. The van der Waals surface area contributed by atoms with E-state index in [0.29, 0.717) is 0 Å². The molecule has 0 unspecified atom stereocenters. The van der Waals surface area contributed by atoms with Crippen LogP contribution in [0.2, 0.25) is 0 Å². The minimum absolute atomic E-state index is 0.846. The van der Waals surface area contributed by atoms with E-state index < -0.39 is 0 Å². The summed E-state index contributed by atoms with van der Waals surface area (Å²) >= 11 is 0. The first kappa shape index (κ1) is 30.6. The second-order valence-electron chi connectivity index (χ2n) is 13.3. The summed E-state index contributed by atoms with van der Waals surface area (Å²) in [5, 5.41) is 4.72. The topological polar surface area (TPSA) is 43.6 Å². The lowest BCUT2D eigenvalue weighted by molar-refractivity contribution is 1.17. The van der Waals surface area contributed by atoms with Crippen LogP contribution in [0.1, 0.15) is 0 Å². The van der Waals surface area contributed by atoms with Gasteiger partial charge in [-0.05, 0) is 93.7 Å². The first-order chi connectivity index (χ1) is 26.3. The fourth-order valence-electron chi connectivity index (χ4n) is 7.51. The van der Waals surface area contributed by atoms with Crippen LogP contribution in [0.15, 0.2) is 194 Å². The van der Waals surface area contributed by atoms with Crippen LogP contribution in [-0.4, -0.2) is 19.5 Å². The Bertz CT molecular complexity index is 2910. The van der Waals surface area contributed by atoms with E-state index in [1.165, 1.54) is 16.2 Å². The largest absolute Gasteiger partial charge is 0.309 e. The number of rotatable bonds is 6. The molecule has 0 aliphatic heterocycles. The van der Waals surface area contributed by atoms with Crippen molar-refractivity contribution in [3.8, 4) is 61.8 Å². The number of para-hydroxylation sites is 1. The van der Waals surface area contributed by atoms with Crippen LogP contribution in [-0.2, 0) is 0 Å². The van der Waals surface area contributed by atoms with Gasteiger partial charge in [0.15, 0.2) is 0 Å². The quantitative estimate of drug-likeness (QED) is 0.176. The zero-order valence-electron chi connectivity index (χ0n) is 28.8. The average molecular weight is 677 g/mol. The molecule has 0 spiro atoms. The van der Waals surface area contributed by atoms with Crippen molar-refractivity contribution in [2.24, 2.45) is 0 Å². The van der Waals surface area contributed by atoms with Crippen LogP contribution in [0.25, 0.3) is 94.4 Å². The number of hydrogen-bond donors (Lipinski definition) is 0. The molecule has 0 saturated heterocycles. The lowest BCUT2D eigenvalue weighted by Gasteiger charge is -2.11. The highest BCUT2D eigenvalue weighted by molar-refractivity contribution is 6.15. The molecular formula is C49H32N4. The van der Waals surface area contributed by atoms with Gasteiger partial charge in [-0.3, -0.25) is 9.97 Å². The summed E-state index contributed by atoms with van der Waals surface area (Å²) in [6, 6.07) is 64.1. The Kier molecular flexibility index (Phi) is 7.43. The van der Waals surface area contributed by atoms with Crippen LogP contribution in [0.5, 0.6) is 0 Å². The summed E-state index contributed by atoms with van der Waals surface area (Å²) in [5.74, 6) is 0. The van der Waals surface area contributed by atoms with Crippen LogP contribution >= 0.6 is 0 Å². The Morgan fingerprint density at radius 3 is 1.83 bits per heavy atom. The van der Waals surface area contributed by atoms with Crippen molar-refractivity contribution in [2.45, 2.75) is 0 Å². The van der Waals surface area contributed by atoms with E-state index in [0.717, 1.165) is 78.3 Å². The summed E-state index contributed by atoms with van der Waals surface area (Å²) in [7, 11) is 0. The molecule has 4 nitrogen and oxygen atoms in total. The minimum atomic E-state index is 0.846. The van der Waals surface area contributed by atoms with Crippen molar-refractivity contribution in [3.63, 3.8) is 0 Å². The smallest absolute Gasteiger partial charge is 0.0899 e. The molecule has 4 heteroatoms. The molecule has 4 heterocycles. The lowest BCUT2D eigenvalue weighted by atomic mass is 9.96. The second kappa shape index (κ2) is 12.9. The molecule has 0 atom stereocenters. The molecule has 0 bridgehead atoms. The van der Waals surface area contributed by atoms with Crippen LogP contribution in [0.3, 0.4) is 0 Å². The van der Waals surface area contributed by atoms with Gasteiger partial charge >= 0.3 is 0 Å². The van der Waals surface area contributed by atoms with Crippen molar-refractivity contribution < 1.29 is 0 Å². The molecule has 0 radical (unpaired) electrons. The van der Waals surface area contributed by atoms with E-state index in [9.17, 15) is 0 Å². The van der Waals surface area contributed by atoms with E-state index in [4.69, 9.17) is 9.97 Å². The Morgan fingerprint density at radius 2 is 1.04 bits per heavy atom. The highest BCUT2D eigenvalue weighted by Gasteiger charge is 2.18. The first-order valence-electron chi connectivity index (χ1n) is 17.8. The Morgan fingerprint density at radius 1 is 0.358 bits per heavy atom. The molecule has 10 aromatic rings. The molecule has 248 valence electrons. The van der Waals surface area contributed by atoms with Gasteiger partial charge in [0.25, 0.3) is 0 Å². The summed E-state index contributed by atoms with van der Waals surface area (Å²) in [6.45, 7) is 0. The van der Waals surface area contributed by atoms with Crippen molar-refractivity contribution in [1.29, 1.82) is 0 Å². The number of hydrogen-bond acceptors (Lipinski definition) is 3. The average Bonchev–Trinajstić information content (AvgIpc) is 3.58. The molecule has 0 aliphatic carbocycles. The van der Waals surface area contributed by atoms with Gasteiger partial charge in [0.1, 0.15) is 0 Å². The zero-order chi connectivity index (χ0) is 35.1. The van der Waals surface area contributed by atoms with E-state index in [-0.39, 0.29) is 0 Å². The maximum atomic E-state index is 5.11. The van der Waals surface area contributed by atoms with E-state index in [2.05, 4.69) is 167 Å². The van der Waals surface area contributed by atoms with Gasteiger partial charge in [-0.1, -0.05) is 121 Å². The Labute approximate surface area is 307 Å². The normalized spacial score (nSPS) is 11.4. The summed E-state index contributed by atoms with van der Waals surface area (Å²) in [6.07, 6.45) is 3.74. The fraction of sp³-hybridized carbons (Fsp3) is 0. The standard InChI is InChI=1S/C49H32N4/c1-3-12-36(13-4-1)49-48-42-30-38(24-25-46(42)53(47(48)26-28-51-49)41-15-5-2-6-16-41)34-18-20-35(21-19-34)40-31-44(52-45(32-40)43-17-9-10-27-50-43)39-23-22-33-11-7-8-14-37(33)29-39/h1-32H. The van der Waals surface area contributed by atoms with Gasteiger partial charge in [0, 0.05) is 40.0 Å². The highest BCUT2D eigenvalue weighted by atomic mass is 15.0. The molecule has 0 fully saturated rings. The van der Waals surface area contributed by atoms with Gasteiger partial charge in [-0.2, -0.15) is 0 Å². The van der Waals surface area contributed by atoms with Crippen LogP contribution < -0.4 is 0 Å². The number of nitrogens with zero attached hydrogens (tertiary/aromatic N) is 4. The molecule has 0 N–H and O–H groups in total. The van der Waals surface area contributed by atoms with Crippen LogP contribution in [0.4, 0.5) is 0 Å². The number of benzene rings is 6. The predicted octanol–water partition coefficient (Wildman–Crippen LogP) is 12.5. The number of fused-ring (bicyclic) bond motifs is 4. The molecule has 0 aliphatic rings. The van der Waals surface area contributed by atoms with Crippen molar-refractivity contribution in [3.05, 3.63) is 194 Å². The van der Waals surface area contributed by atoms with E-state index in [1.807, 2.05) is 36.7 Å². The van der Waals surface area contributed by atoms with Crippen molar-refractivity contribution in [2.75, 3.05) is 0 Å². The summed E-state index contributed by atoms with van der Waals surface area (Å²) < 4.78 is 2.35. The van der Waals surface area contributed by atoms with Gasteiger partial charge in [-0.25, -0.2) is 4.98 Å². The maximum Gasteiger partial charge on any atom is 0.0899 e. The highest BCUT2D eigenvalue weighted by Crippen LogP contribution is 2.40. The van der Waals surface area contributed by atoms with Gasteiger partial charge in [0.2, 0.25) is 0 Å².